The lowest BCUT2D eigenvalue weighted by atomic mass is 10.2. The number of carbonyl (C=O) groups is 1. The standard InChI is InChI=1S/C9H16O4Si/c1-6-7-8(2)9(10)14(11-3,12-4)13-5/h6H,1-2,7H2,3-5H3. The molecule has 0 aromatic carbocycles. The quantitative estimate of drug-likeness (QED) is 0.363. The average Bonchev–Trinajstić information content (AvgIpc) is 2.21. The van der Waals surface area contributed by atoms with Gasteiger partial charge in [-0.2, -0.15) is 0 Å². The molecule has 0 N–H and O–H groups in total. The molecular formula is C9H16O4Si. The third-order valence-electron chi connectivity index (χ3n) is 1.80. The van der Waals surface area contributed by atoms with Crippen LogP contribution in [0.3, 0.4) is 0 Å². The predicted octanol–water partition coefficient (Wildman–Crippen LogP) is 1.11. The van der Waals surface area contributed by atoms with E-state index >= 15 is 0 Å². The van der Waals surface area contributed by atoms with Crippen molar-refractivity contribution >= 4 is 14.2 Å². The second-order valence-corrected chi connectivity index (χ2v) is 5.39. The van der Waals surface area contributed by atoms with Crippen LogP contribution in [0.25, 0.3) is 0 Å². The predicted molar refractivity (Wildman–Crippen MR) is 55.7 cm³/mol. The minimum Gasteiger partial charge on any atom is -0.372 e. The van der Waals surface area contributed by atoms with Crippen molar-refractivity contribution < 1.29 is 18.1 Å². The van der Waals surface area contributed by atoms with Gasteiger partial charge in [-0.05, 0) is 12.0 Å². The number of carbonyl (C=O) groups excluding carboxylic acids is 1. The van der Waals surface area contributed by atoms with Crippen LogP contribution in [0.2, 0.25) is 0 Å². The molecule has 0 heterocycles. The van der Waals surface area contributed by atoms with Crippen molar-refractivity contribution in [3.05, 3.63) is 24.8 Å². The highest BCUT2D eigenvalue weighted by atomic mass is 28.4. The lowest BCUT2D eigenvalue weighted by molar-refractivity contribution is -0.115. The second kappa shape index (κ2) is 5.87. The van der Waals surface area contributed by atoms with E-state index in [0.717, 1.165) is 0 Å². The van der Waals surface area contributed by atoms with E-state index in [-0.39, 0.29) is 5.41 Å². The second-order valence-electron chi connectivity index (χ2n) is 2.59. The lowest BCUT2D eigenvalue weighted by Crippen LogP contribution is -2.52. The third kappa shape index (κ3) is 2.62. The number of hydrogen-bond donors (Lipinski definition) is 0. The smallest absolute Gasteiger partial charge is 0.372 e. The van der Waals surface area contributed by atoms with Crippen LogP contribution in [0, 0.1) is 0 Å². The van der Waals surface area contributed by atoms with Gasteiger partial charge in [0, 0.05) is 21.3 Å². The maximum Gasteiger partial charge on any atom is 0.578 e. The topological polar surface area (TPSA) is 44.8 Å². The number of hydrogen-bond acceptors (Lipinski definition) is 4. The van der Waals surface area contributed by atoms with Gasteiger partial charge in [0.25, 0.3) is 0 Å². The van der Waals surface area contributed by atoms with Crippen LogP contribution < -0.4 is 0 Å². The molecule has 0 rings (SSSR count). The van der Waals surface area contributed by atoms with Gasteiger partial charge in [0.15, 0.2) is 0 Å². The van der Waals surface area contributed by atoms with E-state index in [2.05, 4.69) is 13.2 Å². The summed E-state index contributed by atoms with van der Waals surface area (Å²) < 4.78 is 15.0. The molecule has 5 heteroatoms. The Hall–Kier alpha value is -0.753. The first-order valence-corrected chi connectivity index (χ1v) is 5.79. The molecule has 0 radical (unpaired) electrons. The first-order chi connectivity index (χ1) is 6.57. The molecule has 0 amide bonds. The van der Waals surface area contributed by atoms with Crippen LogP contribution in [0.15, 0.2) is 24.8 Å². The fraction of sp³-hybridized carbons (Fsp3) is 0.444. The van der Waals surface area contributed by atoms with Crippen molar-refractivity contribution in [2.24, 2.45) is 0 Å². The zero-order valence-corrected chi connectivity index (χ0v) is 9.83. The largest absolute Gasteiger partial charge is 0.578 e. The Morgan fingerprint density at radius 2 is 1.71 bits per heavy atom. The molecule has 80 valence electrons. The molecule has 4 nitrogen and oxygen atoms in total. The third-order valence-corrected chi connectivity index (χ3v) is 4.32. The maximum atomic E-state index is 11.8. The average molecular weight is 216 g/mol. The van der Waals surface area contributed by atoms with Crippen molar-refractivity contribution in [2.45, 2.75) is 6.42 Å². The summed E-state index contributed by atoms with van der Waals surface area (Å²) in [4.78, 5) is 11.8. The van der Waals surface area contributed by atoms with Gasteiger partial charge < -0.3 is 13.3 Å². The van der Waals surface area contributed by atoms with Gasteiger partial charge in [0.2, 0.25) is 5.41 Å². The molecule has 0 aromatic heterocycles. The first kappa shape index (κ1) is 13.2. The van der Waals surface area contributed by atoms with Gasteiger partial charge in [0.1, 0.15) is 0 Å². The molecule has 0 bridgehead atoms. The molecule has 0 aliphatic rings. The van der Waals surface area contributed by atoms with Gasteiger partial charge in [-0.3, -0.25) is 4.79 Å². The van der Waals surface area contributed by atoms with Crippen molar-refractivity contribution in [2.75, 3.05) is 21.3 Å². The Balaban J connectivity index is 4.75. The maximum absolute atomic E-state index is 11.8. The van der Waals surface area contributed by atoms with Crippen LogP contribution in [0.5, 0.6) is 0 Å². The van der Waals surface area contributed by atoms with Crippen LogP contribution in [-0.2, 0) is 18.1 Å². The molecule has 0 atom stereocenters. The Morgan fingerprint density at radius 1 is 1.29 bits per heavy atom. The Morgan fingerprint density at radius 3 is 2.00 bits per heavy atom. The molecule has 0 saturated heterocycles. The van der Waals surface area contributed by atoms with E-state index in [1.54, 1.807) is 6.08 Å². The summed E-state index contributed by atoms with van der Waals surface area (Å²) >= 11 is 0. The van der Waals surface area contributed by atoms with E-state index in [1.807, 2.05) is 0 Å². The Labute approximate surface area is 85.5 Å². The van der Waals surface area contributed by atoms with Crippen LogP contribution in [0.1, 0.15) is 6.42 Å². The number of allylic oxidation sites excluding steroid dienone is 2. The van der Waals surface area contributed by atoms with E-state index < -0.39 is 8.80 Å². The van der Waals surface area contributed by atoms with Gasteiger partial charge >= 0.3 is 8.80 Å². The molecule has 0 fully saturated rings. The van der Waals surface area contributed by atoms with Crippen molar-refractivity contribution in [1.29, 1.82) is 0 Å². The molecule has 0 aromatic rings. The van der Waals surface area contributed by atoms with Crippen molar-refractivity contribution in [1.82, 2.24) is 0 Å². The SMILES string of the molecule is C=CCC(=C)C(=O)[Si](OC)(OC)OC. The van der Waals surface area contributed by atoms with E-state index in [9.17, 15) is 4.79 Å². The van der Waals surface area contributed by atoms with Gasteiger partial charge in [-0.25, -0.2) is 0 Å². The van der Waals surface area contributed by atoms with E-state index in [1.165, 1.54) is 21.3 Å². The minimum absolute atomic E-state index is 0.301. The molecule has 0 spiro atoms. The fourth-order valence-electron chi connectivity index (χ4n) is 1.01. The summed E-state index contributed by atoms with van der Waals surface area (Å²) in [5.74, 6) is 0. The number of rotatable bonds is 7. The fourth-order valence-corrected chi connectivity index (χ4v) is 2.60. The molecule has 0 aliphatic carbocycles. The van der Waals surface area contributed by atoms with Gasteiger partial charge in [-0.1, -0.05) is 12.7 Å². The summed E-state index contributed by atoms with van der Waals surface area (Å²) in [6.45, 7) is 7.15. The van der Waals surface area contributed by atoms with Crippen molar-refractivity contribution in [3.8, 4) is 0 Å². The van der Waals surface area contributed by atoms with Crippen LogP contribution in [0.4, 0.5) is 0 Å². The summed E-state index contributed by atoms with van der Waals surface area (Å²) in [5, 5.41) is -0.301. The van der Waals surface area contributed by atoms with E-state index in [0.29, 0.717) is 12.0 Å². The van der Waals surface area contributed by atoms with Crippen molar-refractivity contribution in [3.63, 3.8) is 0 Å². The molecule has 0 aliphatic heterocycles. The summed E-state index contributed by atoms with van der Waals surface area (Å²) in [7, 11) is 0.954. The summed E-state index contributed by atoms with van der Waals surface area (Å²) in [6, 6.07) is 0. The lowest BCUT2D eigenvalue weighted by Gasteiger charge is -2.22. The normalized spacial score (nSPS) is 11.1. The highest BCUT2D eigenvalue weighted by molar-refractivity contribution is 6.94. The molecular weight excluding hydrogens is 200 g/mol. The molecule has 0 unspecified atom stereocenters. The van der Waals surface area contributed by atoms with Crippen LogP contribution in [-0.4, -0.2) is 35.5 Å². The highest BCUT2D eigenvalue weighted by Crippen LogP contribution is 2.14. The van der Waals surface area contributed by atoms with Crippen LogP contribution >= 0.6 is 0 Å². The zero-order valence-electron chi connectivity index (χ0n) is 8.83. The Kier molecular flexibility index (Phi) is 5.55. The van der Waals surface area contributed by atoms with Gasteiger partial charge in [0.05, 0.1) is 0 Å². The summed E-state index contributed by atoms with van der Waals surface area (Å²) in [6.07, 6.45) is 2.00. The zero-order chi connectivity index (χ0) is 11.2. The Bertz CT molecular complexity index is 225. The minimum atomic E-state index is -3.21. The highest BCUT2D eigenvalue weighted by Gasteiger charge is 2.48. The molecule has 0 saturated carbocycles. The monoisotopic (exact) mass is 216 g/mol. The first-order valence-electron chi connectivity index (χ1n) is 4.06. The molecule has 14 heavy (non-hydrogen) atoms. The summed E-state index contributed by atoms with van der Waals surface area (Å²) in [5.41, 5.74) is 0.386. The van der Waals surface area contributed by atoms with E-state index in [4.69, 9.17) is 13.3 Å². The van der Waals surface area contributed by atoms with Gasteiger partial charge in [-0.15, -0.1) is 6.58 Å².